The first-order valence-electron chi connectivity index (χ1n) is 8.62. The summed E-state index contributed by atoms with van der Waals surface area (Å²) >= 11 is 0. The third-order valence-electron chi connectivity index (χ3n) is 4.00. The molecule has 1 N–H and O–H groups in total. The molecule has 0 spiro atoms. The standard InChI is InChI=1S/C20H22N2O5/c1-4-17(23)16-10-14(11-22(16)5-2)20(26)19(25)13-7-6-8-15(9-13)21-18(24)12-27-3/h6-11H,4-5,12H2,1-3H3,(H,21,24). The maximum absolute atomic E-state index is 12.6. The van der Waals surface area contributed by atoms with Crippen LogP contribution in [0.2, 0.25) is 0 Å². The van der Waals surface area contributed by atoms with Crippen molar-refractivity contribution in [3.63, 3.8) is 0 Å². The summed E-state index contributed by atoms with van der Waals surface area (Å²) in [7, 11) is 1.40. The lowest BCUT2D eigenvalue weighted by molar-refractivity contribution is -0.119. The average molecular weight is 370 g/mol. The van der Waals surface area contributed by atoms with Crippen molar-refractivity contribution in [3.8, 4) is 0 Å². The van der Waals surface area contributed by atoms with Crippen LogP contribution in [0.5, 0.6) is 0 Å². The second-order valence-corrected chi connectivity index (χ2v) is 5.90. The smallest absolute Gasteiger partial charge is 0.250 e. The molecule has 7 nitrogen and oxygen atoms in total. The predicted molar refractivity (Wildman–Crippen MR) is 100 cm³/mol. The lowest BCUT2D eigenvalue weighted by Crippen LogP contribution is -2.18. The number of ketones is 3. The van der Waals surface area contributed by atoms with E-state index in [2.05, 4.69) is 5.32 Å². The summed E-state index contributed by atoms with van der Waals surface area (Å²) in [6.07, 6.45) is 1.84. The van der Waals surface area contributed by atoms with Gasteiger partial charge in [0.2, 0.25) is 17.5 Å². The van der Waals surface area contributed by atoms with Crippen LogP contribution in [0.25, 0.3) is 0 Å². The Morgan fingerprint density at radius 1 is 1.04 bits per heavy atom. The Kier molecular flexibility index (Phi) is 6.79. The molecule has 142 valence electrons. The van der Waals surface area contributed by atoms with E-state index in [1.807, 2.05) is 6.92 Å². The van der Waals surface area contributed by atoms with Crippen LogP contribution in [0, 0.1) is 0 Å². The molecule has 0 radical (unpaired) electrons. The zero-order valence-electron chi connectivity index (χ0n) is 15.6. The molecule has 1 aromatic heterocycles. The minimum atomic E-state index is -0.707. The molecule has 0 bridgehead atoms. The fourth-order valence-corrected chi connectivity index (χ4v) is 2.64. The highest BCUT2D eigenvalue weighted by Gasteiger charge is 2.22. The number of hydrogen-bond donors (Lipinski definition) is 1. The van der Waals surface area contributed by atoms with E-state index < -0.39 is 11.6 Å². The van der Waals surface area contributed by atoms with E-state index in [0.717, 1.165) is 0 Å². The van der Waals surface area contributed by atoms with Crippen molar-refractivity contribution in [3.05, 3.63) is 53.3 Å². The van der Waals surface area contributed by atoms with Crippen LogP contribution in [-0.2, 0) is 16.1 Å². The number of amides is 1. The lowest BCUT2D eigenvalue weighted by atomic mass is 10.0. The van der Waals surface area contributed by atoms with E-state index in [-0.39, 0.29) is 29.4 Å². The summed E-state index contributed by atoms with van der Waals surface area (Å²) in [5.74, 6) is -1.86. The molecule has 1 amide bonds. The molecule has 0 atom stereocenters. The van der Waals surface area contributed by atoms with Crippen LogP contribution in [0.3, 0.4) is 0 Å². The van der Waals surface area contributed by atoms with Crippen molar-refractivity contribution in [2.75, 3.05) is 19.0 Å². The van der Waals surface area contributed by atoms with Crippen molar-refractivity contribution in [2.45, 2.75) is 26.8 Å². The first-order chi connectivity index (χ1) is 12.9. The normalized spacial score (nSPS) is 10.5. The average Bonchev–Trinajstić information content (AvgIpc) is 3.11. The number of ether oxygens (including phenoxy) is 1. The SMILES string of the molecule is CCC(=O)c1cc(C(=O)C(=O)c2cccc(NC(=O)COC)c2)cn1CC. The number of hydrogen-bond acceptors (Lipinski definition) is 5. The summed E-state index contributed by atoms with van der Waals surface area (Å²) in [6.45, 7) is 4.00. The van der Waals surface area contributed by atoms with Crippen LogP contribution < -0.4 is 5.32 Å². The molecule has 0 saturated heterocycles. The van der Waals surface area contributed by atoms with Gasteiger partial charge in [-0.3, -0.25) is 19.2 Å². The number of nitrogens with one attached hydrogen (secondary N) is 1. The maximum atomic E-state index is 12.6. The largest absolute Gasteiger partial charge is 0.375 e. The van der Waals surface area contributed by atoms with Crippen LogP contribution in [-0.4, -0.2) is 41.5 Å². The van der Waals surface area contributed by atoms with Gasteiger partial charge in [-0.15, -0.1) is 0 Å². The molecule has 1 aromatic carbocycles. The number of aryl methyl sites for hydroxylation is 1. The summed E-state index contributed by atoms with van der Waals surface area (Å²) < 4.78 is 6.40. The van der Waals surface area contributed by atoms with Crippen molar-refractivity contribution < 1.29 is 23.9 Å². The Hall–Kier alpha value is -3.06. The molecule has 7 heteroatoms. The molecule has 0 saturated carbocycles. The predicted octanol–water partition coefficient (Wildman–Crippen LogP) is 2.75. The highest BCUT2D eigenvalue weighted by molar-refractivity contribution is 6.49. The van der Waals surface area contributed by atoms with E-state index in [4.69, 9.17) is 4.74 Å². The van der Waals surface area contributed by atoms with Gasteiger partial charge in [-0.2, -0.15) is 0 Å². The molecule has 0 fully saturated rings. The van der Waals surface area contributed by atoms with E-state index in [9.17, 15) is 19.2 Å². The van der Waals surface area contributed by atoms with Crippen molar-refractivity contribution in [1.29, 1.82) is 0 Å². The zero-order valence-corrected chi connectivity index (χ0v) is 15.6. The van der Waals surface area contributed by atoms with Gasteiger partial charge in [0, 0.05) is 43.1 Å². The number of Topliss-reactive ketones (excluding diaryl/α,β-unsaturated/α-hetero) is 3. The highest BCUT2D eigenvalue weighted by atomic mass is 16.5. The molecular weight excluding hydrogens is 348 g/mol. The Morgan fingerprint density at radius 2 is 1.74 bits per heavy atom. The number of carbonyl (C=O) groups excluding carboxylic acids is 4. The van der Waals surface area contributed by atoms with Crippen LogP contribution >= 0.6 is 0 Å². The molecular formula is C20H22N2O5. The van der Waals surface area contributed by atoms with Gasteiger partial charge in [0.05, 0.1) is 5.69 Å². The number of nitrogens with zero attached hydrogens (tertiary/aromatic N) is 1. The fourth-order valence-electron chi connectivity index (χ4n) is 2.64. The van der Waals surface area contributed by atoms with Gasteiger partial charge in [0.1, 0.15) is 6.61 Å². The number of benzene rings is 1. The monoisotopic (exact) mass is 370 g/mol. The van der Waals surface area contributed by atoms with E-state index in [0.29, 0.717) is 24.3 Å². The number of methoxy groups -OCH3 is 1. The number of rotatable bonds is 9. The van der Waals surface area contributed by atoms with Gasteiger partial charge in [0.15, 0.2) is 5.78 Å². The second kappa shape index (κ2) is 9.05. The molecule has 0 aliphatic heterocycles. The zero-order chi connectivity index (χ0) is 20.0. The number of aromatic nitrogens is 1. The third-order valence-corrected chi connectivity index (χ3v) is 4.00. The van der Waals surface area contributed by atoms with Crippen LogP contribution in [0.4, 0.5) is 5.69 Å². The number of carbonyl (C=O) groups is 4. The molecule has 2 rings (SSSR count). The summed E-state index contributed by atoms with van der Waals surface area (Å²) in [4.78, 5) is 48.8. The molecule has 27 heavy (non-hydrogen) atoms. The van der Waals surface area contributed by atoms with Gasteiger partial charge >= 0.3 is 0 Å². The first kappa shape index (κ1) is 20.3. The maximum Gasteiger partial charge on any atom is 0.250 e. The van der Waals surface area contributed by atoms with Crippen molar-refractivity contribution in [1.82, 2.24) is 4.57 Å². The van der Waals surface area contributed by atoms with Gasteiger partial charge in [-0.05, 0) is 25.1 Å². The Balaban J connectivity index is 2.25. The molecule has 1 heterocycles. The third kappa shape index (κ3) is 4.77. The van der Waals surface area contributed by atoms with E-state index in [1.165, 1.54) is 31.5 Å². The minimum absolute atomic E-state index is 0.0915. The van der Waals surface area contributed by atoms with Crippen molar-refractivity contribution in [2.24, 2.45) is 0 Å². The van der Waals surface area contributed by atoms with Gasteiger partial charge in [0.25, 0.3) is 0 Å². The molecule has 0 aliphatic carbocycles. The fraction of sp³-hybridized carbons (Fsp3) is 0.300. The minimum Gasteiger partial charge on any atom is -0.375 e. The summed E-state index contributed by atoms with van der Waals surface area (Å²) in [6, 6.07) is 7.58. The van der Waals surface area contributed by atoms with Crippen LogP contribution in [0.1, 0.15) is 51.5 Å². The van der Waals surface area contributed by atoms with Gasteiger partial charge in [-0.25, -0.2) is 0 Å². The first-order valence-corrected chi connectivity index (χ1v) is 8.62. The lowest BCUT2D eigenvalue weighted by Gasteiger charge is -2.06. The van der Waals surface area contributed by atoms with Crippen LogP contribution in [0.15, 0.2) is 36.5 Å². The molecule has 0 unspecified atom stereocenters. The van der Waals surface area contributed by atoms with E-state index >= 15 is 0 Å². The molecule has 2 aromatic rings. The topological polar surface area (TPSA) is 94.5 Å². The van der Waals surface area contributed by atoms with Crippen molar-refractivity contribution >= 4 is 28.9 Å². The highest BCUT2D eigenvalue weighted by Crippen LogP contribution is 2.17. The summed E-state index contributed by atoms with van der Waals surface area (Å²) in [5.41, 5.74) is 1.13. The Morgan fingerprint density at radius 3 is 2.37 bits per heavy atom. The summed E-state index contributed by atoms with van der Waals surface area (Å²) in [5, 5.41) is 2.59. The number of anilines is 1. The second-order valence-electron chi connectivity index (χ2n) is 5.90. The quantitative estimate of drug-likeness (QED) is 0.541. The molecule has 0 aliphatic rings. The van der Waals surface area contributed by atoms with Gasteiger partial charge < -0.3 is 14.6 Å². The van der Waals surface area contributed by atoms with Gasteiger partial charge in [-0.1, -0.05) is 19.1 Å². The Bertz CT molecular complexity index is 882. The van der Waals surface area contributed by atoms with E-state index in [1.54, 1.807) is 23.6 Å². The Labute approximate surface area is 157 Å².